The predicted molar refractivity (Wildman–Crippen MR) is 80.4 cm³/mol. The number of rotatable bonds is 3. The Morgan fingerprint density at radius 1 is 1.48 bits per heavy atom. The summed E-state index contributed by atoms with van der Waals surface area (Å²) in [6.45, 7) is 3.80. The highest BCUT2D eigenvalue weighted by atomic mass is 16.5. The van der Waals surface area contributed by atoms with Gasteiger partial charge in [-0.05, 0) is 37.0 Å². The van der Waals surface area contributed by atoms with Crippen molar-refractivity contribution in [2.24, 2.45) is 5.73 Å². The largest absolute Gasteiger partial charge is 0.486 e. The van der Waals surface area contributed by atoms with Gasteiger partial charge in [0.25, 0.3) is 5.91 Å². The van der Waals surface area contributed by atoms with Gasteiger partial charge < -0.3 is 20.1 Å². The third-order valence-corrected chi connectivity index (χ3v) is 4.16. The van der Waals surface area contributed by atoms with Crippen molar-refractivity contribution in [3.05, 3.63) is 23.8 Å². The highest BCUT2D eigenvalue weighted by molar-refractivity contribution is 5.98. The van der Waals surface area contributed by atoms with E-state index in [1.54, 1.807) is 0 Å². The third kappa shape index (κ3) is 2.76. The number of carbonyl (C=O) groups is 1. The Bertz CT molecular complexity index is 526. The van der Waals surface area contributed by atoms with E-state index in [4.69, 9.17) is 15.2 Å². The standard InChI is InChI=1S/C16H22N2O3/c1-2-12-10-18(16(19)14-4-3-7-20-14)13-6-5-11(9-17)8-15(13)21-12/h5-6,8,12,14H,2-4,7,9-10,17H2,1H3. The number of anilines is 1. The molecule has 1 saturated heterocycles. The molecule has 5 nitrogen and oxygen atoms in total. The van der Waals surface area contributed by atoms with E-state index in [0.29, 0.717) is 19.7 Å². The van der Waals surface area contributed by atoms with Crippen LogP contribution >= 0.6 is 0 Å². The third-order valence-electron chi connectivity index (χ3n) is 4.16. The minimum atomic E-state index is -0.303. The van der Waals surface area contributed by atoms with Gasteiger partial charge in [-0.2, -0.15) is 0 Å². The zero-order valence-corrected chi connectivity index (χ0v) is 12.4. The normalized spacial score (nSPS) is 24.6. The van der Waals surface area contributed by atoms with Gasteiger partial charge in [-0.15, -0.1) is 0 Å². The number of nitrogens with zero attached hydrogens (tertiary/aromatic N) is 1. The lowest BCUT2D eigenvalue weighted by molar-refractivity contribution is -0.127. The molecule has 21 heavy (non-hydrogen) atoms. The van der Waals surface area contributed by atoms with Crippen molar-refractivity contribution < 1.29 is 14.3 Å². The van der Waals surface area contributed by atoms with E-state index in [2.05, 4.69) is 6.92 Å². The molecule has 0 bridgehead atoms. The Morgan fingerprint density at radius 3 is 3.00 bits per heavy atom. The molecule has 2 aliphatic rings. The molecule has 1 fully saturated rings. The molecule has 0 aromatic heterocycles. The summed E-state index contributed by atoms with van der Waals surface area (Å²) < 4.78 is 11.5. The first-order valence-corrected chi connectivity index (χ1v) is 7.65. The molecule has 2 aliphatic heterocycles. The van der Waals surface area contributed by atoms with E-state index in [1.165, 1.54) is 0 Å². The summed E-state index contributed by atoms with van der Waals surface area (Å²) in [7, 11) is 0. The van der Waals surface area contributed by atoms with Crippen LogP contribution in [0.25, 0.3) is 0 Å². The van der Waals surface area contributed by atoms with E-state index < -0.39 is 0 Å². The molecule has 3 rings (SSSR count). The Morgan fingerprint density at radius 2 is 2.33 bits per heavy atom. The molecule has 2 N–H and O–H groups in total. The van der Waals surface area contributed by atoms with Crippen molar-refractivity contribution in [1.29, 1.82) is 0 Å². The van der Waals surface area contributed by atoms with Gasteiger partial charge in [0.2, 0.25) is 0 Å². The summed E-state index contributed by atoms with van der Waals surface area (Å²) in [5.41, 5.74) is 7.53. The summed E-state index contributed by atoms with van der Waals surface area (Å²) in [5.74, 6) is 0.804. The first-order valence-electron chi connectivity index (χ1n) is 7.65. The van der Waals surface area contributed by atoms with Gasteiger partial charge in [-0.1, -0.05) is 13.0 Å². The van der Waals surface area contributed by atoms with Crippen molar-refractivity contribution in [3.8, 4) is 5.75 Å². The monoisotopic (exact) mass is 290 g/mol. The number of amides is 1. The van der Waals surface area contributed by atoms with Crippen LogP contribution in [0.1, 0.15) is 31.7 Å². The van der Waals surface area contributed by atoms with Gasteiger partial charge in [-0.3, -0.25) is 4.79 Å². The molecule has 1 aromatic rings. The number of hydrogen-bond acceptors (Lipinski definition) is 4. The Labute approximate surface area is 125 Å². The molecule has 114 valence electrons. The summed E-state index contributed by atoms with van der Waals surface area (Å²) in [6.07, 6.45) is 2.35. The minimum absolute atomic E-state index is 0.0240. The highest BCUT2D eigenvalue weighted by Crippen LogP contribution is 2.36. The fourth-order valence-electron chi connectivity index (χ4n) is 2.89. The van der Waals surface area contributed by atoms with Gasteiger partial charge in [0.15, 0.2) is 0 Å². The van der Waals surface area contributed by atoms with E-state index in [1.807, 2.05) is 23.1 Å². The van der Waals surface area contributed by atoms with Crippen LogP contribution in [0, 0.1) is 0 Å². The second-order valence-corrected chi connectivity index (χ2v) is 5.60. The molecular formula is C16H22N2O3. The first kappa shape index (κ1) is 14.4. The zero-order chi connectivity index (χ0) is 14.8. The maximum atomic E-state index is 12.7. The number of nitrogens with two attached hydrogens (primary N) is 1. The number of benzene rings is 1. The summed E-state index contributed by atoms with van der Waals surface area (Å²) >= 11 is 0. The molecule has 1 amide bonds. The van der Waals surface area contributed by atoms with Crippen LogP contribution in [0.5, 0.6) is 5.75 Å². The van der Waals surface area contributed by atoms with E-state index in [-0.39, 0.29) is 18.1 Å². The lowest BCUT2D eigenvalue weighted by atomic mass is 10.1. The SMILES string of the molecule is CCC1CN(C(=O)C2CCCO2)c2ccc(CN)cc2O1. The molecule has 0 spiro atoms. The van der Waals surface area contributed by atoms with Gasteiger partial charge in [0.1, 0.15) is 18.0 Å². The maximum absolute atomic E-state index is 12.7. The summed E-state index contributed by atoms with van der Waals surface area (Å²) in [6, 6.07) is 5.81. The first-order chi connectivity index (χ1) is 10.2. The smallest absolute Gasteiger partial charge is 0.256 e. The van der Waals surface area contributed by atoms with Crippen molar-refractivity contribution in [3.63, 3.8) is 0 Å². The minimum Gasteiger partial charge on any atom is -0.486 e. The average Bonchev–Trinajstić information content (AvgIpc) is 3.06. The van der Waals surface area contributed by atoms with E-state index >= 15 is 0 Å². The van der Waals surface area contributed by atoms with Crippen molar-refractivity contribution in [1.82, 2.24) is 0 Å². The van der Waals surface area contributed by atoms with Gasteiger partial charge in [0.05, 0.1) is 12.2 Å². The van der Waals surface area contributed by atoms with Gasteiger partial charge in [0, 0.05) is 13.2 Å². The molecule has 2 atom stereocenters. The molecule has 0 saturated carbocycles. The number of carbonyl (C=O) groups excluding carboxylic acids is 1. The quantitative estimate of drug-likeness (QED) is 0.922. The van der Waals surface area contributed by atoms with Gasteiger partial charge >= 0.3 is 0 Å². The Kier molecular flexibility index (Phi) is 4.12. The second kappa shape index (κ2) is 6.03. The number of ether oxygens (including phenoxy) is 2. The molecule has 5 heteroatoms. The van der Waals surface area contributed by atoms with Crippen LogP contribution in [0.15, 0.2) is 18.2 Å². The Balaban J connectivity index is 1.91. The molecule has 2 heterocycles. The van der Waals surface area contributed by atoms with E-state index in [0.717, 1.165) is 36.3 Å². The zero-order valence-electron chi connectivity index (χ0n) is 12.4. The van der Waals surface area contributed by atoms with Crippen LogP contribution in [0.3, 0.4) is 0 Å². The van der Waals surface area contributed by atoms with Gasteiger partial charge in [-0.25, -0.2) is 0 Å². The van der Waals surface area contributed by atoms with Crippen LogP contribution < -0.4 is 15.4 Å². The number of hydrogen-bond donors (Lipinski definition) is 1. The van der Waals surface area contributed by atoms with Crippen molar-refractivity contribution >= 4 is 11.6 Å². The second-order valence-electron chi connectivity index (χ2n) is 5.60. The lowest BCUT2D eigenvalue weighted by Gasteiger charge is -2.36. The number of fused-ring (bicyclic) bond motifs is 1. The molecule has 0 radical (unpaired) electrons. The molecular weight excluding hydrogens is 268 g/mol. The topological polar surface area (TPSA) is 64.8 Å². The maximum Gasteiger partial charge on any atom is 0.256 e. The predicted octanol–water partition coefficient (Wildman–Crippen LogP) is 1.83. The van der Waals surface area contributed by atoms with Crippen molar-refractivity contribution in [2.75, 3.05) is 18.1 Å². The average molecular weight is 290 g/mol. The highest BCUT2D eigenvalue weighted by Gasteiger charge is 2.34. The van der Waals surface area contributed by atoms with Crippen molar-refractivity contribution in [2.45, 2.75) is 44.9 Å². The Hall–Kier alpha value is -1.59. The van der Waals surface area contributed by atoms with Crippen LogP contribution in [0.2, 0.25) is 0 Å². The molecule has 0 aliphatic carbocycles. The fraction of sp³-hybridized carbons (Fsp3) is 0.562. The van der Waals surface area contributed by atoms with Crippen LogP contribution in [0.4, 0.5) is 5.69 Å². The lowest BCUT2D eigenvalue weighted by Crippen LogP contribution is -2.47. The molecule has 1 aromatic carbocycles. The van der Waals surface area contributed by atoms with E-state index in [9.17, 15) is 4.79 Å². The summed E-state index contributed by atoms with van der Waals surface area (Å²) in [5, 5.41) is 0. The fourth-order valence-corrected chi connectivity index (χ4v) is 2.89. The van der Waals surface area contributed by atoms with Crippen LogP contribution in [-0.4, -0.2) is 31.3 Å². The summed E-state index contributed by atoms with van der Waals surface area (Å²) in [4.78, 5) is 14.5. The molecule has 2 unspecified atom stereocenters. The van der Waals surface area contributed by atoms with Crippen LogP contribution in [-0.2, 0) is 16.1 Å².